The van der Waals surface area contributed by atoms with Gasteiger partial charge in [-0.15, -0.1) is 0 Å². The van der Waals surface area contributed by atoms with Crippen LogP contribution < -0.4 is 5.32 Å². The Balaban J connectivity index is 1.18. The van der Waals surface area contributed by atoms with E-state index in [1.165, 1.54) is 5.56 Å². The van der Waals surface area contributed by atoms with Crippen molar-refractivity contribution < 1.29 is 14.3 Å². The van der Waals surface area contributed by atoms with Gasteiger partial charge in [-0.1, -0.05) is 30.3 Å². The Labute approximate surface area is 190 Å². The van der Waals surface area contributed by atoms with Gasteiger partial charge in [0.2, 0.25) is 11.8 Å². The van der Waals surface area contributed by atoms with Crippen molar-refractivity contribution in [2.75, 3.05) is 19.8 Å². The summed E-state index contributed by atoms with van der Waals surface area (Å²) in [5.74, 6) is 0.829. The predicted octanol–water partition coefficient (Wildman–Crippen LogP) is 2.83. The number of carbonyl (C=O) groups excluding carboxylic acids is 2. The number of rotatable bonds is 4. The number of nitrogens with zero attached hydrogens (tertiary/aromatic N) is 2. The number of hydrogen-bond donors (Lipinski definition) is 1. The molecule has 2 amide bonds. The highest BCUT2D eigenvalue weighted by Gasteiger charge is 2.58. The lowest BCUT2D eigenvalue weighted by molar-refractivity contribution is -0.147. The van der Waals surface area contributed by atoms with Crippen LogP contribution in [0.4, 0.5) is 0 Å². The largest absolute Gasteiger partial charge is 0.378 e. The Morgan fingerprint density at radius 1 is 1.06 bits per heavy atom. The van der Waals surface area contributed by atoms with Gasteiger partial charge in [0, 0.05) is 36.5 Å². The molecule has 6 rings (SSSR count). The van der Waals surface area contributed by atoms with E-state index in [2.05, 4.69) is 40.5 Å². The van der Waals surface area contributed by atoms with Gasteiger partial charge in [0.25, 0.3) is 0 Å². The first-order valence-corrected chi connectivity index (χ1v) is 12.6. The number of fused-ring (bicyclic) bond motifs is 1. The number of ether oxygens (including phenoxy) is 1. The molecule has 0 radical (unpaired) electrons. The molecule has 1 saturated carbocycles. The Hall–Kier alpha value is -1.92. The zero-order valence-electron chi connectivity index (χ0n) is 18.9. The first-order valence-electron chi connectivity index (χ1n) is 12.6. The van der Waals surface area contributed by atoms with Gasteiger partial charge < -0.3 is 19.9 Å². The molecule has 6 heteroatoms. The monoisotopic (exact) mass is 437 g/mol. The Kier molecular flexibility index (Phi) is 5.26. The van der Waals surface area contributed by atoms with Gasteiger partial charge >= 0.3 is 0 Å². The summed E-state index contributed by atoms with van der Waals surface area (Å²) in [4.78, 5) is 31.2. The van der Waals surface area contributed by atoms with Crippen LogP contribution in [-0.4, -0.2) is 71.1 Å². The van der Waals surface area contributed by atoms with E-state index < -0.39 is 0 Å². The standard InChI is InChI=1S/C26H35N3O3/c30-24-8-4-7-20(27-21-16-32-17-21)13-22-9-10-23(29(22)24)25(31)28-15-19(14-26(28)11-12-26)18-5-2-1-3-6-18/h1-3,5-6,19-23,27H,4,7-17H2/t19-,20+,22-,23+/m1/s1. The first-order chi connectivity index (χ1) is 15.6. The molecule has 1 aromatic rings. The van der Waals surface area contributed by atoms with Crippen LogP contribution in [-0.2, 0) is 14.3 Å². The van der Waals surface area contributed by atoms with Crippen molar-refractivity contribution in [3.05, 3.63) is 35.9 Å². The van der Waals surface area contributed by atoms with E-state index in [1.807, 2.05) is 4.90 Å². The summed E-state index contributed by atoms with van der Waals surface area (Å²) in [6.45, 7) is 2.40. The van der Waals surface area contributed by atoms with Gasteiger partial charge in [0.15, 0.2) is 0 Å². The number of nitrogens with one attached hydrogen (secondary N) is 1. The van der Waals surface area contributed by atoms with Crippen molar-refractivity contribution in [2.45, 2.75) is 93.4 Å². The topological polar surface area (TPSA) is 61.9 Å². The van der Waals surface area contributed by atoms with Gasteiger partial charge in [0.05, 0.1) is 19.3 Å². The maximum atomic E-state index is 13.9. The van der Waals surface area contributed by atoms with Crippen LogP contribution >= 0.6 is 0 Å². The second-order valence-corrected chi connectivity index (χ2v) is 10.8. The number of likely N-dealkylation sites (tertiary alicyclic amines) is 1. The summed E-state index contributed by atoms with van der Waals surface area (Å²) in [5, 5.41) is 3.74. The number of hydrogen-bond acceptors (Lipinski definition) is 4. The minimum atomic E-state index is -0.259. The SMILES string of the molecule is O=C1CCC[C@H](NC2COC2)C[C@H]2CC[C@@H](C(=O)N3C[C@H](c4ccccc4)CC34CC4)N12. The van der Waals surface area contributed by atoms with E-state index in [0.29, 0.717) is 24.4 Å². The van der Waals surface area contributed by atoms with Crippen molar-refractivity contribution in [3.8, 4) is 0 Å². The molecule has 5 fully saturated rings. The molecule has 0 bridgehead atoms. The van der Waals surface area contributed by atoms with Crippen LogP contribution in [0.1, 0.15) is 69.3 Å². The average molecular weight is 438 g/mol. The molecular weight excluding hydrogens is 402 g/mol. The van der Waals surface area contributed by atoms with Crippen LogP contribution in [0.25, 0.3) is 0 Å². The fourth-order valence-electron chi connectivity index (χ4n) is 6.74. The normalized spacial score (nSPS) is 34.2. The molecule has 4 saturated heterocycles. The molecule has 5 aliphatic rings. The molecule has 1 aliphatic carbocycles. The summed E-state index contributed by atoms with van der Waals surface area (Å²) in [5.41, 5.74) is 1.39. The second-order valence-electron chi connectivity index (χ2n) is 10.8. The zero-order chi connectivity index (χ0) is 21.7. The van der Waals surface area contributed by atoms with E-state index >= 15 is 0 Å². The third-order valence-corrected chi connectivity index (χ3v) is 8.65. The maximum Gasteiger partial charge on any atom is 0.245 e. The van der Waals surface area contributed by atoms with E-state index in [1.54, 1.807) is 0 Å². The molecule has 1 spiro atoms. The highest BCUT2D eigenvalue weighted by molar-refractivity contribution is 5.89. The van der Waals surface area contributed by atoms with Crippen LogP contribution in [0.5, 0.6) is 0 Å². The number of amides is 2. The molecule has 4 heterocycles. The highest BCUT2D eigenvalue weighted by Crippen LogP contribution is 2.54. The Bertz CT molecular complexity index is 866. The predicted molar refractivity (Wildman–Crippen MR) is 121 cm³/mol. The summed E-state index contributed by atoms with van der Waals surface area (Å²) in [6.07, 6.45) is 8.53. The summed E-state index contributed by atoms with van der Waals surface area (Å²) in [7, 11) is 0. The molecular formula is C26H35N3O3. The van der Waals surface area contributed by atoms with E-state index in [9.17, 15) is 9.59 Å². The fourth-order valence-corrected chi connectivity index (χ4v) is 6.74. The zero-order valence-corrected chi connectivity index (χ0v) is 18.9. The van der Waals surface area contributed by atoms with E-state index in [-0.39, 0.29) is 29.4 Å². The third-order valence-electron chi connectivity index (χ3n) is 8.65. The van der Waals surface area contributed by atoms with Gasteiger partial charge in [0.1, 0.15) is 6.04 Å². The number of carbonyl (C=O) groups is 2. The van der Waals surface area contributed by atoms with Gasteiger partial charge in [-0.25, -0.2) is 0 Å². The highest BCUT2D eigenvalue weighted by atomic mass is 16.5. The van der Waals surface area contributed by atoms with Crippen molar-refractivity contribution in [1.29, 1.82) is 0 Å². The quantitative estimate of drug-likeness (QED) is 0.787. The van der Waals surface area contributed by atoms with Gasteiger partial charge in [-0.3, -0.25) is 9.59 Å². The third kappa shape index (κ3) is 3.65. The second kappa shape index (κ2) is 8.14. The lowest BCUT2D eigenvalue weighted by atomic mass is 9.96. The van der Waals surface area contributed by atoms with Gasteiger partial charge in [-0.05, 0) is 56.9 Å². The Morgan fingerprint density at radius 3 is 2.59 bits per heavy atom. The minimum absolute atomic E-state index is 0.0514. The molecule has 0 unspecified atom stereocenters. The molecule has 4 aliphatic heterocycles. The van der Waals surface area contributed by atoms with Crippen LogP contribution in [0.2, 0.25) is 0 Å². The lowest BCUT2D eigenvalue weighted by Gasteiger charge is -2.38. The lowest BCUT2D eigenvalue weighted by Crippen LogP contribution is -2.55. The Morgan fingerprint density at radius 2 is 1.88 bits per heavy atom. The summed E-state index contributed by atoms with van der Waals surface area (Å²) >= 11 is 0. The van der Waals surface area contributed by atoms with Crippen molar-refractivity contribution in [3.63, 3.8) is 0 Å². The van der Waals surface area contributed by atoms with Gasteiger partial charge in [-0.2, -0.15) is 0 Å². The van der Waals surface area contributed by atoms with Crippen molar-refractivity contribution in [1.82, 2.24) is 15.1 Å². The van der Waals surface area contributed by atoms with Crippen LogP contribution in [0, 0.1) is 0 Å². The minimum Gasteiger partial charge on any atom is -0.378 e. The molecule has 1 aromatic carbocycles. The average Bonchev–Trinajstić information content (AvgIpc) is 3.25. The van der Waals surface area contributed by atoms with E-state index in [4.69, 9.17) is 4.74 Å². The van der Waals surface area contributed by atoms with Crippen LogP contribution in [0.15, 0.2) is 30.3 Å². The van der Waals surface area contributed by atoms with Crippen LogP contribution in [0.3, 0.4) is 0 Å². The van der Waals surface area contributed by atoms with E-state index in [0.717, 1.165) is 71.1 Å². The smallest absolute Gasteiger partial charge is 0.245 e. The molecule has 1 N–H and O–H groups in total. The molecule has 0 aromatic heterocycles. The molecule has 6 nitrogen and oxygen atoms in total. The summed E-state index contributed by atoms with van der Waals surface area (Å²) < 4.78 is 5.33. The molecule has 4 atom stereocenters. The maximum absolute atomic E-state index is 13.9. The van der Waals surface area contributed by atoms with Crippen molar-refractivity contribution >= 4 is 11.8 Å². The summed E-state index contributed by atoms with van der Waals surface area (Å²) in [6, 6.07) is 11.5. The fraction of sp³-hybridized carbons (Fsp3) is 0.692. The first kappa shape index (κ1) is 20.7. The molecule has 32 heavy (non-hydrogen) atoms. The van der Waals surface area contributed by atoms with Crippen molar-refractivity contribution in [2.24, 2.45) is 0 Å². The molecule has 172 valence electrons. The number of benzene rings is 1.